The maximum Gasteiger partial charge on any atom is 0.252 e. The van der Waals surface area contributed by atoms with Crippen LogP contribution in [0.1, 0.15) is 10.4 Å². The van der Waals surface area contributed by atoms with Crippen LogP contribution in [-0.4, -0.2) is 387 Å². The molecule has 22 N–H and O–H groups in total. The van der Waals surface area contributed by atoms with Crippen molar-refractivity contribution in [2.45, 2.75) is 215 Å². The van der Waals surface area contributed by atoms with Gasteiger partial charge in [0, 0.05) is 32.0 Å². The van der Waals surface area contributed by atoms with Crippen molar-refractivity contribution >= 4 is 5.91 Å². The normalized spacial score (nSPS) is 49.8. The lowest BCUT2D eigenvalue weighted by molar-refractivity contribution is -0.396. The molecule has 0 unspecified atom stereocenters. The number of aromatic nitrogens is 1. The van der Waals surface area contributed by atoms with Crippen molar-refractivity contribution in [3.05, 3.63) is 30.1 Å². The predicted molar refractivity (Wildman–Crippen MR) is 271 cm³/mol. The van der Waals surface area contributed by atoms with Gasteiger partial charge >= 0.3 is 0 Å². The molecule has 0 saturated carbocycles. The first-order valence-corrected chi connectivity index (χ1v) is 28.3. The Balaban J connectivity index is 0.995. The second-order valence-corrected chi connectivity index (χ2v) is 22.2. The van der Waals surface area contributed by atoms with Gasteiger partial charge in [-0.3, -0.25) is 9.78 Å². The Hall–Kier alpha value is -2.78. The number of nitrogens with one attached hydrogen (secondary N) is 2. The van der Waals surface area contributed by atoms with E-state index in [9.17, 15) is 107 Å². The van der Waals surface area contributed by atoms with Crippen molar-refractivity contribution in [3.8, 4) is 0 Å². The van der Waals surface area contributed by atoms with Crippen molar-refractivity contribution in [2.75, 3.05) is 59.3 Å². The van der Waals surface area contributed by atoms with Crippen molar-refractivity contribution in [2.24, 2.45) is 0 Å². The van der Waals surface area contributed by atoms with Gasteiger partial charge in [0.2, 0.25) is 0 Å². The first-order valence-electron chi connectivity index (χ1n) is 28.3. The second kappa shape index (κ2) is 30.5. The smallest absolute Gasteiger partial charge is 0.252 e. The largest absolute Gasteiger partial charge is 0.394 e. The van der Waals surface area contributed by atoms with Crippen molar-refractivity contribution in [1.29, 1.82) is 0 Å². The maximum atomic E-state index is 12.7. The van der Waals surface area contributed by atoms with Gasteiger partial charge in [0.05, 0.1) is 45.2 Å². The fourth-order valence-electron chi connectivity index (χ4n) is 11.5. The SMILES string of the molecule is O=C(NCCNC[C@H]1O[C@@H]2O[C@H]3[C@H](O)[C@@H](O)[C@@H](O[C@H]4[C@H](O)[C@@H](O)[C@@H](O[C@H]5[C@H](O)[C@@H](O)[C@@H](O[C@H]6[C@H](O)[C@@H](O)[C@@H](O[C@H]7[C@H](O)[C@@H](O)[C@@H](O[C@H]8[C@H](O)[C@@H](O)[C@@H](O[C@H]1[C@H](O)[C@H]2O)O[C@@H]8CO)O[C@@H]7CO)O[C@@H]6CO)O[C@@H]5CO)O[C@@H]4CO)O[C@@H]3CO)c1cccnc1. The zero-order valence-corrected chi connectivity index (χ0v) is 46.4. The molecular formula is C50H79N3O35. The summed E-state index contributed by atoms with van der Waals surface area (Å²) in [7, 11) is 0. The highest BCUT2D eigenvalue weighted by Crippen LogP contribution is 2.39. The number of aliphatic hydroxyl groups is 20. The standard InChI is InChI=1S/C50H79N3O35/c54-8-16-37-24(62)31(69)46(77-16)85-39-18(10-56)79-48(33(71)26(39)64)87-41-20(12-58)81-50(35(73)28(41)66)88-42-21(13-59)80-49(34(72)27(42)65)86-40-19(11-57)78-47(32(70)25(40)63)84-38-17(9-55)76-45(30(68)23(38)61)82-36-15(75-44(83-37)29(67)22(36)60)7-52-4-5-53-43(74)14-2-1-3-51-6-14/h1-3,6,15-42,44-50,52,54-73H,4-5,7-13H2,(H,53,74)/t15-,16-,17-,18-,19-,20-,21-,22-,23-,24-,25-,26-,27-,28-,29-,30-,31-,32-,33-,34-,35-,36-,37-,38-,39-,40-,41-,42-,44-,45-,46-,47-,48-,49-,50-/m1/s1. The molecule has 0 aromatic carbocycles. The molecule has 22 rings (SSSR count). The summed E-state index contributed by atoms with van der Waals surface area (Å²) in [5.41, 5.74) is 0.234. The number of nitrogens with zero attached hydrogens (tertiary/aromatic N) is 1. The summed E-state index contributed by atoms with van der Waals surface area (Å²) >= 11 is 0. The van der Waals surface area contributed by atoms with Crippen LogP contribution in [0.2, 0.25) is 0 Å². The Morgan fingerprint density at radius 1 is 0.341 bits per heavy atom. The average Bonchev–Trinajstić information content (AvgIpc) is 1.59. The first kappa shape index (κ1) is 69.6. The summed E-state index contributed by atoms with van der Waals surface area (Å²) in [6.07, 6.45) is -67.6. The van der Waals surface area contributed by atoms with Crippen LogP contribution in [0.4, 0.5) is 0 Å². The van der Waals surface area contributed by atoms with Crippen LogP contribution < -0.4 is 10.6 Å². The molecule has 0 aliphatic carbocycles. The van der Waals surface area contributed by atoms with E-state index in [1.165, 1.54) is 18.5 Å². The molecule has 38 nitrogen and oxygen atoms in total. The van der Waals surface area contributed by atoms with E-state index in [0.717, 1.165) is 0 Å². The number of carbonyl (C=O) groups excluding carboxylic acids is 1. The minimum atomic E-state index is -2.23. The monoisotopic (exact) mass is 1280 g/mol. The van der Waals surface area contributed by atoms with E-state index in [1.54, 1.807) is 6.07 Å². The van der Waals surface area contributed by atoms with Gasteiger partial charge in [-0.1, -0.05) is 0 Å². The van der Waals surface area contributed by atoms with Gasteiger partial charge in [-0.15, -0.1) is 0 Å². The van der Waals surface area contributed by atoms with E-state index in [4.69, 9.17) is 66.3 Å². The maximum absolute atomic E-state index is 12.7. The van der Waals surface area contributed by atoms with Crippen LogP contribution in [0.3, 0.4) is 0 Å². The Bertz CT molecular complexity index is 2300. The van der Waals surface area contributed by atoms with E-state index < -0.39 is 260 Å². The van der Waals surface area contributed by atoms with Gasteiger partial charge in [0.15, 0.2) is 44.0 Å². The highest BCUT2D eigenvalue weighted by atomic mass is 16.8. The van der Waals surface area contributed by atoms with Gasteiger partial charge in [0.25, 0.3) is 5.91 Å². The van der Waals surface area contributed by atoms with Crippen LogP contribution in [0.15, 0.2) is 24.5 Å². The molecule has 35 atom stereocenters. The predicted octanol–water partition coefficient (Wildman–Crippen LogP) is -14.8. The highest BCUT2D eigenvalue weighted by Gasteiger charge is 2.59. The highest BCUT2D eigenvalue weighted by molar-refractivity contribution is 5.93. The Labute approximate surface area is 498 Å². The fourth-order valence-corrected chi connectivity index (χ4v) is 11.5. The zero-order valence-electron chi connectivity index (χ0n) is 46.4. The Kier molecular flexibility index (Phi) is 24.1. The second-order valence-electron chi connectivity index (χ2n) is 22.2. The van der Waals surface area contributed by atoms with Crippen LogP contribution in [0.5, 0.6) is 0 Å². The zero-order chi connectivity index (χ0) is 63.6. The number of hydrogen-bond acceptors (Lipinski definition) is 37. The van der Waals surface area contributed by atoms with Gasteiger partial charge in [-0.25, -0.2) is 0 Å². The van der Waals surface area contributed by atoms with E-state index in [-0.39, 0.29) is 25.2 Å². The number of aliphatic hydroxyl groups excluding tert-OH is 20. The third-order valence-corrected chi connectivity index (χ3v) is 16.5. The summed E-state index contributed by atoms with van der Waals surface area (Å²) < 4.78 is 81.2. The molecule has 21 aliphatic rings. The fraction of sp³-hybridized carbons (Fsp3) is 0.880. The summed E-state index contributed by atoms with van der Waals surface area (Å²) in [6.45, 7) is -6.76. The van der Waals surface area contributed by atoms with Crippen molar-refractivity contribution in [3.63, 3.8) is 0 Å². The Morgan fingerprint density at radius 3 is 0.807 bits per heavy atom. The number of amides is 1. The van der Waals surface area contributed by atoms with Gasteiger partial charge in [-0.05, 0) is 12.1 Å². The molecule has 14 bridgehead atoms. The molecule has 1 aromatic heterocycles. The molecule has 21 aliphatic heterocycles. The quantitative estimate of drug-likeness (QED) is 0.0864. The summed E-state index contributed by atoms with van der Waals surface area (Å²) in [4.78, 5) is 16.6. The topological polar surface area (TPSA) is 588 Å². The van der Waals surface area contributed by atoms with Gasteiger partial charge < -0.3 is 179 Å². The summed E-state index contributed by atoms with van der Waals surface area (Å²) in [5, 5.41) is 229. The third kappa shape index (κ3) is 14.5. The lowest BCUT2D eigenvalue weighted by atomic mass is 9.95. The van der Waals surface area contributed by atoms with Crippen molar-refractivity contribution in [1.82, 2.24) is 15.6 Å². The minimum Gasteiger partial charge on any atom is -0.394 e. The lowest BCUT2D eigenvalue weighted by Gasteiger charge is -2.50. The number of ether oxygens (including phenoxy) is 14. The minimum absolute atomic E-state index is 0.0197. The number of carbonyl (C=O) groups is 1. The third-order valence-electron chi connectivity index (χ3n) is 16.5. The van der Waals surface area contributed by atoms with Gasteiger partial charge in [0.1, 0.15) is 171 Å². The molecule has 504 valence electrons. The van der Waals surface area contributed by atoms with Crippen LogP contribution in [0, 0.1) is 0 Å². The molecule has 0 spiro atoms. The van der Waals surface area contributed by atoms with Crippen LogP contribution >= 0.6 is 0 Å². The van der Waals surface area contributed by atoms with E-state index >= 15 is 0 Å². The molecule has 21 saturated heterocycles. The van der Waals surface area contributed by atoms with Crippen LogP contribution in [0.25, 0.3) is 0 Å². The molecule has 0 radical (unpaired) electrons. The molecule has 21 fully saturated rings. The molecule has 1 aromatic rings. The lowest BCUT2D eigenvalue weighted by Crippen LogP contribution is -2.68. The van der Waals surface area contributed by atoms with E-state index in [2.05, 4.69) is 15.6 Å². The number of pyridine rings is 1. The molecule has 88 heavy (non-hydrogen) atoms. The van der Waals surface area contributed by atoms with E-state index in [1.807, 2.05) is 0 Å². The molecule has 1 amide bonds. The molecule has 38 heteroatoms. The van der Waals surface area contributed by atoms with Crippen LogP contribution in [-0.2, 0) is 66.3 Å². The number of rotatable bonds is 12. The van der Waals surface area contributed by atoms with E-state index in [0.29, 0.717) is 0 Å². The van der Waals surface area contributed by atoms with Gasteiger partial charge in [-0.2, -0.15) is 0 Å². The summed E-state index contributed by atoms with van der Waals surface area (Å²) in [5.74, 6) is -0.496. The average molecular weight is 1280 g/mol. The summed E-state index contributed by atoms with van der Waals surface area (Å²) in [6, 6.07) is 3.06. The molecule has 22 heterocycles. The Morgan fingerprint density at radius 2 is 0.580 bits per heavy atom. The first-order chi connectivity index (χ1) is 42.1. The number of hydrogen-bond donors (Lipinski definition) is 22. The molecular weight excluding hydrogens is 1200 g/mol. The van der Waals surface area contributed by atoms with Crippen molar-refractivity contribution < 1.29 is 173 Å².